The summed E-state index contributed by atoms with van der Waals surface area (Å²) < 4.78 is 0. The number of hydrogen-bond donors (Lipinski definition) is 2. The number of hydrogen-bond acceptors (Lipinski definition) is 2. The van der Waals surface area contributed by atoms with Crippen LogP contribution >= 0.6 is 0 Å². The Labute approximate surface area is 128 Å². The largest absolute Gasteiger partial charge is 0.382 e. The minimum atomic E-state index is 0.00723. The van der Waals surface area contributed by atoms with Crippen molar-refractivity contribution in [2.45, 2.75) is 58.4 Å². The van der Waals surface area contributed by atoms with E-state index in [4.69, 9.17) is 0 Å². The van der Waals surface area contributed by atoms with Gasteiger partial charge in [-0.2, -0.15) is 0 Å². The van der Waals surface area contributed by atoms with E-state index in [0.717, 1.165) is 17.2 Å². The van der Waals surface area contributed by atoms with Crippen LogP contribution < -0.4 is 10.6 Å². The number of nitrogens with one attached hydrogen (secondary N) is 2. The van der Waals surface area contributed by atoms with E-state index in [2.05, 4.69) is 23.6 Å². The van der Waals surface area contributed by atoms with Crippen LogP contribution in [0, 0.1) is 5.92 Å². The molecular weight excluding hydrogens is 260 g/mol. The van der Waals surface area contributed by atoms with Crippen LogP contribution in [-0.2, 0) is 0 Å². The Bertz CT molecular complexity index is 450. The molecular formula is C18H28N2O. The molecule has 1 aliphatic rings. The van der Waals surface area contributed by atoms with E-state index in [1.807, 2.05) is 25.1 Å². The van der Waals surface area contributed by atoms with Gasteiger partial charge in [-0.1, -0.05) is 25.8 Å². The van der Waals surface area contributed by atoms with Gasteiger partial charge in [-0.3, -0.25) is 4.79 Å². The zero-order valence-electron chi connectivity index (χ0n) is 13.3. The van der Waals surface area contributed by atoms with E-state index in [1.54, 1.807) is 0 Å². The Balaban J connectivity index is 1.89. The summed E-state index contributed by atoms with van der Waals surface area (Å²) in [6.45, 7) is 4.88. The lowest BCUT2D eigenvalue weighted by Crippen LogP contribution is -2.26. The molecule has 0 heterocycles. The molecule has 116 valence electrons. The van der Waals surface area contributed by atoms with Gasteiger partial charge in [0.05, 0.1) is 0 Å². The van der Waals surface area contributed by atoms with Crippen LogP contribution in [0.15, 0.2) is 24.3 Å². The summed E-state index contributed by atoms with van der Waals surface area (Å²) in [5.74, 6) is 0.933. The van der Waals surface area contributed by atoms with Gasteiger partial charge in [0.25, 0.3) is 5.91 Å². The molecule has 0 atom stereocenters. The van der Waals surface area contributed by atoms with Gasteiger partial charge in [-0.05, 0) is 56.7 Å². The summed E-state index contributed by atoms with van der Waals surface area (Å²) in [7, 11) is 0. The van der Waals surface area contributed by atoms with Gasteiger partial charge in [0.15, 0.2) is 0 Å². The van der Waals surface area contributed by atoms with Crippen LogP contribution in [-0.4, -0.2) is 18.5 Å². The van der Waals surface area contributed by atoms with Crippen LogP contribution in [0.25, 0.3) is 0 Å². The molecule has 0 saturated heterocycles. The van der Waals surface area contributed by atoms with E-state index in [0.29, 0.717) is 12.6 Å². The number of amides is 1. The molecule has 2 rings (SSSR count). The van der Waals surface area contributed by atoms with Gasteiger partial charge in [0.2, 0.25) is 0 Å². The molecule has 0 aliphatic heterocycles. The average Bonchev–Trinajstić information content (AvgIpc) is 2.50. The van der Waals surface area contributed by atoms with Gasteiger partial charge in [0.1, 0.15) is 0 Å². The molecule has 1 aliphatic carbocycles. The minimum Gasteiger partial charge on any atom is -0.382 e. The van der Waals surface area contributed by atoms with Crippen LogP contribution in [0.3, 0.4) is 0 Å². The third-order valence-corrected chi connectivity index (χ3v) is 4.38. The molecule has 0 radical (unpaired) electrons. The molecule has 1 aromatic carbocycles. The normalized spacial score (nSPS) is 21.8. The van der Waals surface area contributed by atoms with Crippen molar-refractivity contribution in [1.29, 1.82) is 0 Å². The fourth-order valence-electron chi connectivity index (χ4n) is 3.25. The number of carbonyl (C=O) groups is 1. The first-order chi connectivity index (χ1) is 10.2. The quantitative estimate of drug-likeness (QED) is 0.823. The summed E-state index contributed by atoms with van der Waals surface area (Å²) in [6, 6.07) is 8.40. The maximum atomic E-state index is 11.9. The average molecular weight is 288 g/mol. The van der Waals surface area contributed by atoms with Crippen molar-refractivity contribution >= 4 is 11.6 Å². The molecule has 0 spiro atoms. The van der Waals surface area contributed by atoms with E-state index in [9.17, 15) is 4.79 Å². The maximum Gasteiger partial charge on any atom is 0.251 e. The van der Waals surface area contributed by atoms with Crippen LogP contribution in [0.5, 0.6) is 0 Å². The number of rotatable bonds is 6. The Morgan fingerprint density at radius 3 is 2.62 bits per heavy atom. The molecule has 2 N–H and O–H groups in total. The van der Waals surface area contributed by atoms with Crippen LogP contribution in [0.2, 0.25) is 0 Å². The van der Waals surface area contributed by atoms with Crippen molar-refractivity contribution in [3.63, 3.8) is 0 Å². The van der Waals surface area contributed by atoms with Crippen LogP contribution in [0.1, 0.15) is 62.7 Å². The first kappa shape index (κ1) is 15.9. The lowest BCUT2D eigenvalue weighted by atomic mass is 9.83. The van der Waals surface area contributed by atoms with E-state index < -0.39 is 0 Å². The number of anilines is 1. The Hall–Kier alpha value is -1.51. The summed E-state index contributed by atoms with van der Waals surface area (Å²) >= 11 is 0. The molecule has 1 amide bonds. The Morgan fingerprint density at radius 2 is 1.95 bits per heavy atom. The molecule has 0 unspecified atom stereocenters. The van der Waals surface area contributed by atoms with E-state index in [-0.39, 0.29) is 5.91 Å². The SMILES string of the molecule is CCCC1CCC(Nc2cccc(C(=O)NCC)c2)CC1. The third kappa shape index (κ3) is 4.76. The second kappa shape index (κ2) is 8.06. The summed E-state index contributed by atoms with van der Waals surface area (Å²) in [4.78, 5) is 11.9. The fraction of sp³-hybridized carbons (Fsp3) is 0.611. The zero-order valence-corrected chi connectivity index (χ0v) is 13.3. The highest BCUT2D eigenvalue weighted by molar-refractivity contribution is 5.95. The summed E-state index contributed by atoms with van der Waals surface area (Å²) in [5.41, 5.74) is 1.80. The van der Waals surface area contributed by atoms with E-state index in [1.165, 1.54) is 38.5 Å². The predicted molar refractivity (Wildman–Crippen MR) is 88.7 cm³/mol. The number of carbonyl (C=O) groups excluding carboxylic acids is 1. The van der Waals surface area contributed by atoms with Crippen molar-refractivity contribution in [2.24, 2.45) is 5.92 Å². The summed E-state index contributed by atoms with van der Waals surface area (Å²) in [5, 5.41) is 6.45. The summed E-state index contributed by atoms with van der Waals surface area (Å²) in [6.07, 6.45) is 7.84. The van der Waals surface area contributed by atoms with Gasteiger partial charge < -0.3 is 10.6 Å². The van der Waals surface area contributed by atoms with Gasteiger partial charge >= 0.3 is 0 Å². The Kier molecular flexibility index (Phi) is 6.09. The third-order valence-electron chi connectivity index (χ3n) is 4.38. The van der Waals surface area contributed by atoms with Gasteiger partial charge in [-0.15, -0.1) is 0 Å². The first-order valence-corrected chi connectivity index (χ1v) is 8.37. The fourth-order valence-corrected chi connectivity index (χ4v) is 3.25. The van der Waals surface area contributed by atoms with Gasteiger partial charge in [0, 0.05) is 23.8 Å². The highest BCUT2D eigenvalue weighted by Gasteiger charge is 2.20. The monoisotopic (exact) mass is 288 g/mol. The molecule has 0 aromatic heterocycles. The predicted octanol–water partition coefficient (Wildman–Crippen LogP) is 4.21. The maximum absolute atomic E-state index is 11.9. The highest BCUT2D eigenvalue weighted by atomic mass is 16.1. The molecule has 21 heavy (non-hydrogen) atoms. The van der Waals surface area contributed by atoms with Crippen molar-refractivity contribution in [3.8, 4) is 0 Å². The molecule has 0 bridgehead atoms. The number of benzene rings is 1. The first-order valence-electron chi connectivity index (χ1n) is 8.37. The highest BCUT2D eigenvalue weighted by Crippen LogP contribution is 2.29. The molecule has 1 saturated carbocycles. The standard InChI is InChI=1S/C18H28N2O/c1-3-6-14-9-11-16(12-10-14)20-17-8-5-7-15(13-17)18(21)19-4-2/h5,7-8,13-14,16,20H,3-4,6,9-12H2,1-2H3,(H,19,21). The van der Waals surface area contributed by atoms with Crippen molar-refractivity contribution in [3.05, 3.63) is 29.8 Å². The molecule has 3 heteroatoms. The van der Waals surface area contributed by atoms with Crippen LogP contribution in [0.4, 0.5) is 5.69 Å². The van der Waals surface area contributed by atoms with E-state index >= 15 is 0 Å². The minimum absolute atomic E-state index is 0.00723. The van der Waals surface area contributed by atoms with Crippen molar-refractivity contribution in [2.75, 3.05) is 11.9 Å². The molecule has 1 fully saturated rings. The van der Waals surface area contributed by atoms with Crippen molar-refractivity contribution < 1.29 is 4.79 Å². The topological polar surface area (TPSA) is 41.1 Å². The second-order valence-corrected chi connectivity index (χ2v) is 6.09. The second-order valence-electron chi connectivity index (χ2n) is 6.09. The Morgan fingerprint density at radius 1 is 1.19 bits per heavy atom. The lowest BCUT2D eigenvalue weighted by molar-refractivity contribution is 0.0956. The lowest BCUT2D eigenvalue weighted by Gasteiger charge is -2.29. The van der Waals surface area contributed by atoms with Gasteiger partial charge in [-0.25, -0.2) is 0 Å². The smallest absolute Gasteiger partial charge is 0.251 e. The van der Waals surface area contributed by atoms with Crippen molar-refractivity contribution in [1.82, 2.24) is 5.32 Å². The molecule has 1 aromatic rings. The molecule has 3 nitrogen and oxygen atoms in total. The zero-order chi connectivity index (χ0) is 15.1.